The van der Waals surface area contributed by atoms with Crippen LogP contribution in [0.4, 0.5) is 5.69 Å². The van der Waals surface area contributed by atoms with Crippen molar-refractivity contribution in [1.82, 2.24) is 4.98 Å². The molecule has 0 saturated carbocycles. The van der Waals surface area contributed by atoms with Crippen LogP contribution in [-0.4, -0.2) is 4.98 Å². The van der Waals surface area contributed by atoms with Crippen LogP contribution in [0.3, 0.4) is 0 Å². The zero-order chi connectivity index (χ0) is 13.9. The minimum Gasteiger partial charge on any atom is -0.386 e. The van der Waals surface area contributed by atoms with Crippen molar-refractivity contribution in [3.63, 3.8) is 0 Å². The molecule has 0 fully saturated rings. The van der Waals surface area contributed by atoms with Crippen molar-refractivity contribution >= 4 is 5.69 Å². The van der Waals surface area contributed by atoms with Crippen LogP contribution in [0.1, 0.15) is 43.3 Å². The molecule has 100 valence electrons. The SMILES string of the molecule is C=C(N)Nc1c(C)c(CC(C)C)nc(C)c1CC. The monoisotopic (exact) mass is 247 g/mol. The Morgan fingerprint density at radius 2 is 2.00 bits per heavy atom. The average molecular weight is 247 g/mol. The first-order valence-electron chi connectivity index (χ1n) is 6.57. The summed E-state index contributed by atoms with van der Waals surface area (Å²) in [6.45, 7) is 14.5. The number of nitrogens with one attached hydrogen (secondary N) is 1. The van der Waals surface area contributed by atoms with E-state index in [-0.39, 0.29) is 0 Å². The largest absolute Gasteiger partial charge is 0.386 e. The van der Waals surface area contributed by atoms with Gasteiger partial charge in [-0.3, -0.25) is 4.98 Å². The van der Waals surface area contributed by atoms with Crippen molar-refractivity contribution < 1.29 is 0 Å². The van der Waals surface area contributed by atoms with Crippen LogP contribution in [0.15, 0.2) is 12.4 Å². The minimum absolute atomic E-state index is 0.480. The predicted molar refractivity (Wildman–Crippen MR) is 78.6 cm³/mol. The summed E-state index contributed by atoms with van der Waals surface area (Å²) in [5.74, 6) is 1.07. The van der Waals surface area contributed by atoms with Crippen molar-refractivity contribution in [3.05, 3.63) is 34.9 Å². The Hall–Kier alpha value is -1.51. The maximum absolute atomic E-state index is 5.69. The topological polar surface area (TPSA) is 50.9 Å². The van der Waals surface area contributed by atoms with Gasteiger partial charge in [0.25, 0.3) is 0 Å². The molecule has 0 amide bonds. The van der Waals surface area contributed by atoms with E-state index in [1.807, 2.05) is 0 Å². The molecule has 1 aromatic rings. The van der Waals surface area contributed by atoms with E-state index in [2.05, 4.69) is 46.5 Å². The first kappa shape index (κ1) is 14.6. The van der Waals surface area contributed by atoms with E-state index in [0.29, 0.717) is 11.7 Å². The molecule has 0 unspecified atom stereocenters. The second kappa shape index (κ2) is 5.89. The normalized spacial score (nSPS) is 10.8. The van der Waals surface area contributed by atoms with Crippen LogP contribution in [0.2, 0.25) is 0 Å². The Balaban J connectivity index is 3.33. The van der Waals surface area contributed by atoms with Crippen LogP contribution in [0.25, 0.3) is 0 Å². The van der Waals surface area contributed by atoms with Crippen LogP contribution >= 0.6 is 0 Å². The number of aromatic nitrogens is 1. The van der Waals surface area contributed by atoms with E-state index in [1.54, 1.807) is 0 Å². The van der Waals surface area contributed by atoms with Gasteiger partial charge in [0.15, 0.2) is 0 Å². The molecule has 0 spiro atoms. The molecule has 3 nitrogen and oxygen atoms in total. The molecule has 3 heteroatoms. The van der Waals surface area contributed by atoms with Gasteiger partial charge in [0, 0.05) is 17.1 Å². The summed E-state index contributed by atoms with van der Waals surface area (Å²) in [7, 11) is 0. The molecule has 0 aliphatic carbocycles. The van der Waals surface area contributed by atoms with E-state index >= 15 is 0 Å². The van der Waals surface area contributed by atoms with Crippen LogP contribution in [0, 0.1) is 19.8 Å². The predicted octanol–water partition coefficient (Wildman–Crippen LogP) is 3.30. The number of nitrogens with two attached hydrogens (primary N) is 1. The Labute approximate surface area is 111 Å². The lowest BCUT2D eigenvalue weighted by Gasteiger charge is -2.19. The second-order valence-electron chi connectivity index (χ2n) is 5.22. The van der Waals surface area contributed by atoms with Crippen molar-refractivity contribution in [1.29, 1.82) is 0 Å². The average Bonchev–Trinajstić information content (AvgIpc) is 2.24. The van der Waals surface area contributed by atoms with Gasteiger partial charge in [-0.25, -0.2) is 0 Å². The zero-order valence-corrected chi connectivity index (χ0v) is 12.2. The van der Waals surface area contributed by atoms with Crippen molar-refractivity contribution in [2.75, 3.05) is 5.32 Å². The molecule has 1 heterocycles. The molecule has 1 rings (SSSR count). The highest BCUT2D eigenvalue weighted by molar-refractivity contribution is 5.62. The van der Waals surface area contributed by atoms with E-state index in [0.717, 1.165) is 29.9 Å². The highest BCUT2D eigenvalue weighted by atomic mass is 15.0. The highest BCUT2D eigenvalue weighted by Gasteiger charge is 2.14. The van der Waals surface area contributed by atoms with Crippen LogP contribution < -0.4 is 11.1 Å². The number of nitrogens with zero attached hydrogens (tertiary/aromatic N) is 1. The Morgan fingerprint density at radius 1 is 1.39 bits per heavy atom. The molecular formula is C15H25N3. The summed E-state index contributed by atoms with van der Waals surface area (Å²) in [6.07, 6.45) is 1.93. The molecule has 0 saturated heterocycles. The summed E-state index contributed by atoms with van der Waals surface area (Å²) in [4.78, 5) is 4.74. The molecule has 1 aromatic heterocycles. The molecule has 0 aliphatic rings. The Bertz CT molecular complexity index is 448. The molecular weight excluding hydrogens is 222 g/mol. The van der Waals surface area contributed by atoms with Gasteiger partial charge in [-0.15, -0.1) is 0 Å². The third-order valence-electron chi connectivity index (χ3n) is 3.09. The maximum atomic E-state index is 5.69. The quantitative estimate of drug-likeness (QED) is 0.839. The van der Waals surface area contributed by atoms with E-state index in [1.165, 1.54) is 11.1 Å². The summed E-state index contributed by atoms with van der Waals surface area (Å²) in [5, 5.41) is 3.19. The van der Waals surface area contributed by atoms with Crippen molar-refractivity contribution in [3.8, 4) is 0 Å². The molecule has 0 aliphatic heterocycles. The van der Waals surface area contributed by atoms with Gasteiger partial charge in [0.1, 0.15) is 0 Å². The van der Waals surface area contributed by atoms with Gasteiger partial charge in [-0.1, -0.05) is 27.4 Å². The van der Waals surface area contributed by atoms with Gasteiger partial charge in [-0.05, 0) is 43.7 Å². The standard InChI is InChI=1S/C15H25N3/c1-7-13-11(5)17-14(8-9(2)3)10(4)15(13)18-12(6)16/h9H,6-8,16H2,1-5H3,(H,17,18). The summed E-state index contributed by atoms with van der Waals surface area (Å²) < 4.78 is 0. The fourth-order valence-electron chi connectivity index (χ4n) is 2.25. The molecule has 0 aromatic carbocycles. The van der Waals surface area contributed by atoms with Crippen LogP contribution in [-0.2, 0) is 12.8 Å². The molecule has 0 bridgehead atoms. The van der Waals surface area contributed by atoms with E-state index in [4.69, 9.17) is 10.7 Å². The highest BCUT2D eigenvalue weighted by Crippen LogP contribution is 2.27. The number of hydrogen-bond donors (Lipinski definition) is 2. The summed E-state index contributed by atoms with van der Waals surface area (Å²) >= 11 is 0. The van der Waals surface area contributed by atoms with Gasteiger partial charge in [0.2, 0.25) is 0 Å². The van der Waals surface area contributed by atoms with Gasteiger partial charge in [-0.2, -0.15) is 0 Å². The third-order valence-corrected chi connectivity index (χ3v) is 3.09. The fraction of sp³-hybridized carbons (Fsp3) is 0.533. The van der Waals surface area contributed by atoms with Crippen LogP contribution in [0.5, 0.6) is 0 Å². The maximum Gasteiger partial charge on any atom is 0.0930 e. The Kier molecular flexibility index (Phi) is 4.76. The first-order chi connectivity index (χ1) is 8.36. The van der Waals surface area contributed by atoms with Gasteiger partial charge >= 0.3 is 0 Å². The summed E-state index contributed by atoms with van der Waals surface area (Å²) in [6, 6.07) is 0. The van der Waals surface area contributed by atoms with Crippen molar-refractivity contribution in [2.24, 2.45) is 11.7 Å². The van der Waals surface area contributed by atoms with Crippen molar-refractivity contribution in [2.45, 2.75) is 47.5 Å². The third kappa shape index (κ3) is 3.25. The lowest BCUT2D eigenvalue weighted by Crippen LogP contribution is -2.14. The van der Waals surface area contributed by atoms with Gasteiger partial charge < -0.3 is 11.1 Å². The molecule has 0 atom stereocenters. The number of aryl methyl sites for hydroxylation is 1. The number of pyridine rings is 1. The number of rotatable bonds is 5. The fourth-order valence-corrected chi connectivity index (χ4v) is 2.25. The lowest BCUT2D eigenvalue weighted by atomic mass is 9.98. The Morgan fingerprint density at radius 3 is 2.44 bits per heavy atom. The smallest absolute Gasteiger partial charge is 0.0930 e. The summed E-state index contributed by atoms with van der Waals surface area (Å²) in [5.41, 5.74) is 11.4. The second-order valence-corrected chi connectivity index (χ2v) is 5.22. The van der Waals surface area contributed by atoms with E-state index < -0.39 is 0 Å². The molecule has 18 heavy (non-hydrogen) atoms. The zero-order valence-electron chi connectivity index (χ0n) is 12.2. The lowest BCUT2D eigenvalue weighted by molar-refractivity contribution is 0.630. The first-order valence-corrected chi connectivity index (χ1v) is 6.57. The van der Waals surface area contributed by atoms with Gasteiger partial charge in [0.05, 0.1) is 5.82 Å². The minimum atomic E-state index is 0.480. The molecule has 0 radical (unpaired) electrons. The number of anilines is 1. The van der Waals surface area contributed by atoms with E-state index in [9.17, 15) is 0 Å². The molecule has 3 N–H and O–H groups in total. The number of hydrogen-bond acceptors (Lipinski definition) is 3.